The lowest BCUT2D eigenvalue weighted by Crippen LogP contribution is -2.58. The summed E-state index contributed by atoms with van der Waals surface area (Å²) >= 11 is 0. The van der Waals surface area contributed by atoms with E-state index in [-0.39, 0.29) is 17.4 Å². The molecule has 2 rings (SSSR count). The van der Waals surface area contributed by atoms with Crippen LogP contribution in [0.3, 0.4) is 0 Å². The number of carbonyl (C=O) groups excluding carboxylic acids is 1. The quantitative estimate of drug-likeness (QED) is 0.893. The lowest BCUT2D eigenvalue weighted by molar-refractivity contribution is -0.123. The van der Waals surface area contributed by atoms with Crippen LogP contribution in [0.25, 0.3) is 0 Å². The van der Waals surface area contributed by atoms with Gasteiger partial charge in [0.25, 0.3) is 0 Å². The van der Waals surface area contributed by atoms with E-state index >= 15 is 0 Å². The third kappa shape index (κ3) is 3.20. The summed E-state index contributed by atoms with van der Waals surface area (Å²) < 4.78 is 5.34. The van der Waals surface area contributed by atoms with Crippen molar-refractivity contribution in [3.63, 3.8) is 0 Å². The molecule has 2 unspecified atom stereocenters. The van der Waals surface area contributed by atoms with Gasteiger partial charge in [-0.05, 0) is 38.3 Å². The van der Waals surface area contributed by atoms with Gasteiger partial charge in [0.1, 0.15) is 0 Å². The molecule has 0 bridgehead atoms. The normalized spacial score (nSPS) is 24.5. The number of nitrogens with one attached hydrogen (secondary N) is 1. The van der Waals surface area contributed by atoms with Crippen LogP contribution < -0.4 is 5.32 Å². The molecule has 1 saturated carbocycles. The average molecular weight is 279 g/mol. The van der Waals surface area contributed by atoms with Gasteiger partial charge in [0.05, 0.1) is 12.2 Å². The van der Waals surface area contributed by atoms with Gasteiger partial charge in [-0.3, -0.25) is 4.79 Å². The summed E-state index contributed by atoms with van der Waals surface area (Å²) in [4.78, 5) is 13.2. The molecule has 1 fully saturated rings. The number of nitrogens with zero attached hydrogens (tertiary/aromatic N) is 2. The molecule has 1 amide bonds. The zero-order chi connectivity index (χ0) is 14.9. The highest BCUT2D eigenvalue weighted by molar-refractivity contribution is 5.73. The van der Waals surface area contributed by atoms with Crippen LogP contribution in [0.15, 0.2) is 10.6 Å². The Labute approximate surface area is 120 Å². The standard InChI is InChI=1S/C15H25N3O2/c1-10(19)16-14-7-11(15(14,2)3)6-12-8-13(20-17-12)9-18(4)5/h8,11,14H,6-7,9H2,1-5H3,(H,16,19). The van der Waals surface area contributed by atoms with Crippen molar-refractivity contribution in [1.29, 1.82) is 0 Å². The second-order valence-corrected chi connectivity index (χ2v) is 6.73. The molecular formula is C15H25N3O2. The monoisotopic (exact) mass is 279 g/mol. The van der Waals surface area contributed by atoms with Gasteiger partial charge < -0.3 is 14.7 Å². The summed E-state index contributed by atoms with van der Waals surface area (Å²) in [7, 11) is 4.02. The summed E-state index contributed by atoms with van der Waals surface area (Å²) in [5, 5.41) is 7.18. The minimum absolute atomic E-state index is 0.0521. The van der Waals surface area contributed by atoms with Gasteiger partial charge in [-0.1, -0.05) is 19.0 Å². The molecule has 0 saturated heterocycles. The van der Waals surface area contributed by atoms with Crippen LogP contribution in [-0.4, -0.2) is 36.1 Å². The lowest BCUT2D eigenvalue weighted by Gasteiger charge is -2.52. The van der Waals surface area contributed by atoms with Gasteiger partial charge >= 0.3 is 0 Å². The second-order valence-electron chi connectivity index (χ2n) is 6.73. The van der Waals surface area contributed by atoms with E-state index in [0.29, 0.717) is 5.92 Å². The van der Waals surface area contributed by atoms with Crippen LogP contribution in [0.2, 0.25) is 0 Å². The molecule has 1 aromatic rings. The Morgan fingerprint density at radius 3 is 2.80 bits per heavy atom. The van der Waals surface area contributed by atoms with Crippen molar-refractivity contribution in [1.82, 2.24) is 15.4 Å². The molecule has 0 aliphatic heterocycles. The smallest absolute Gasteiger partial charge is 0.217 e. The topological polar surface area (TPSA) is 58.4 Å². The molecule has 5 heteroatoms. The lowest BCUT2D eigenvalue weighted by atomic mass is 9.57. The van der Waals surface area contributed by atoms with Crippen molar-refractivity contribution >= 4 is 5.91 Å². The SMILES string of the molecule is CC(=O)NC1CC(Cc2cc(CN(C)C)on2)C1(C)C. The fourth-order valence-corrected chi connectivity index (χ4v) is 2.94. The number of hydrogen-bond donors (Lipinski definition) is 1. The third-order valence-electron chi connectivity index (χ3n) is 4.38. The van der Waals surface area contributed by atoms with Crippen molar-refractivity contribution in [3.8, 4) is 0 Å². The van der Waals surface area contributed by atoms with Crippen LogP contribution in [0.5, 0.6) is 0 Å². The number of hydrogen-bond acceptors (Lipinski definition) is 4. The van der Waals surface area contributed by atoms with Crippen LogP contribution in [0, 0.1) is 11.3 Å². The Morgan fingerprint density at radius 1 is 1.55 bits per heavy atom. The fraction of sp³-hybridized carbons (Fsp3) is 0.733. The maximum absolute atomic E-state index is 11.2. The van der Waals surface area contributed by atoms with E-state index in [9.17, 15) is 4.79 Å². The van der Waals surface area contributed by atoms with E-state index in [1.165, 1.54) is 0 Å². The first-order chi connectivity index (χ1) is 9.29. The van der Waals surface area contributed by atoms with Gasteiger partial charge in [0.2, 0.25) is 5.91 Å². The maximum Gasteiger partial charge on any atom is 0.217 e. The highest BCUT2D eigenvalue weighted by Gasteiger charge is 2.48. The first-order valence-electron chi connectivity index (χ1n) is 7.15. The zero-order valence-corrected chi connectivity index (χ0v) is 13.1. The van der Waals surface area contributed by atoms with Gasteiger partial charge in [0.15, 0.2) is 5.76 Å². The molecular weight excluding hydrogens is 254 g/mol. The largest absolute Gasteiger partial charge is 0.360 e. The summed E-state index contributed by atoms with van der Waals surface area (Å²) in [6, 6.07) is 2.32. The molecule has 0 spiro atoms. The summed E-state index contributed by atoms with van der Waals surface area (Å²) in [6.45, 7) is 6.77. The van der Waals surface area contributed by atoms with E-state index < -0.39 is 0 Å². The van der Waals surface area contributed by atoms with Crippen LogP contribution in [0.1, 0.15) is 38.6 Å². The molecule has 112 valence electrons. The summed E-state index contributed by atoms with van der Waals surface area (Å²) in [5.41, 5.74) is 1.13. The Kier molecular flexibility index (Phi) is 4.18. The van der Waals surface area contributed by atoms with Crippen molar-refractivity contribution in [2.45, 2.75) is 46.2 Å². The van der Waals surface area contributed by atoms with E-state index in [4.69, 9.17) is 4.52 Å². The maximum atomic E-state index is 11.2. The first-order valence-corrected chi connectivity index (χ1v) is 7.15. The van der Waals surface area contributed by atoms with Gasteiger partial charge in [-0.2, -0.15) is 0 Å². The van der Waals surface area contributed by atoms with Crippen LogP contribution in [0.4, 0.5) is 0 Å². The molecule has 1 aliphatic carbocycles. The molecule has 0 radical (unpaired) electrons. The Balaban J connectivity index is 1.92. The van der Waals surface area contributed by atoms with Gasteiger partial charge in [-0.15, -0.1) is 0 Å². The zero-order valence-electron chi connectivity index (χ0n) is 13.1. The fourth-order valence-electron chi connectivity index (χ4n) is 2.94. The minimum atomic E-state index is 0.0521. The van der Waals surface area contributed by atoms with E-state index in [1.807, 2.05) is 20.2 Å². The minimum Gasteiger partial charge on any atom is -0.360 e. The van der Waals surface area contributed by atoms with Crippen molar-refractivity contribution < 1.29 is 9.32 Å². The van der Waals surface area contributed by atoms with Crippen LogP contribution >= 0.6 is 0 Å². The summed E-state index contributed by atoms with van der Waals surface area (Å²) in [6.07, 6.45) is 1.93. The molecule has 1 heterocycles. The Morgan fingerprint density at radius 2 is 2.25 bits per heavy atom. The number of rotatable bonds is 5. The van der Waals surface area contributed by atoms with Crippen molar-refractivity contribution in [2.24, 2.45) is 11.3 Å². The van der Waals surface area contributed by atoms with Crippen LogP contribution in [-0.2, 0) is 17.8 Å². The van der Waals surface area contributed by atoms with Gasteiger partial charge in [0, 0.05) is 19.0 Å². The molecule has 20 heavy (non-hydrogen) atoms. The molecule has 1 aliphatic rings. The highest BCUT2D eigenvalue weighted by atomic mass is 16.5. The van der Waals surface area contributed by atoms with Crippen molar-refractivity contribution in [3.05, 3.63) is 17.5 Å². The van der Waals surface area contributed by atoms with E-state index in [2.05, 4.69) is 29.2 Å². The Hall–Kier alpha value is -1.36. The van der Waals surface area contributed by atoms with Crippen molar-refractivity contribution in [2.75, 3.05) is 14.1 Å². The predicted octanol–water partition coefficient (Wildman–Crippen LogP) is 1.83. The highest BCUT2D eigenvalue weighted by Crippen LogP contribution is 2.47. The third-order valence-corrected chi connectivity index (χ3v) is 4.38. The van der Waals surface area contributed by atoms with Gasteiger partial charge in [-0.25, -0.2) is 0 Å². The molecule has 0 aromatic carbocycles. The molecule has 2 atom stereocenters. The second kappa shape index (κ2) is 5.56. The Bertz CT molecular complexity index is 479. The van der Waals surface area contributed by atoms with E-state index in [1.54, 1.807) is 6.92 Å². The summed E-state index contributed by atoms with van der Waals surface area (Å²) in [5.74, 6) is 1.49. The number of carbonyl (C=O) groups is 1. The predicted molar refractivity (Wildman–Crippen MR) is 77.1 cm³/mol. The first kappa shape index (κ1) is 15.0. The molecule has 5 nitrogen and oxygen atoms in total. The van der Waals surface area contributed by atoms with E-state index in [0.717, 1.165) is 30.8 Å². The number of amides is 1. The molecule has 1 N–H and O–H groups in total. The molecule has 1 aromatic heterocycles. The average Bonchev–Trinajstić information content (AvgIpc) is 2.74. The number of aromatic nitrogens is 1.